The van der Waals surface area contributed by atoms with Crippen LogP contribution in [-0.4, -0.2) is 20.4 Å². The molecule has 2 aromatic carbocycles. The van der Waals surface area contributed by atoms with Gasteiger partial charge in [0.25, 0.3) is 10.0 Å². The molecule has 0 bridgehead atoms. The lowest BCUT2D eigenvalue weighted by atomic mass is 9.95. The second-order valence-electron chi connectivity index (χ2n) is 7.01. The average Bonchev–Trinajstić information content (AvgIpc) is 2.99. The van der Waals surface area contributed by atoms with Crippen molar-refractivity contribution in [3.8, 4) is 0 Å². The molecule has 0 radical (unpaired) electrons. The summed E-state index contributed by atoms with van der Waals surface area (Å²) in [5, 5.41) is 0. The van der Waals surface area contributed by atoms with Crippen LogP contribution in [0.2, 0.25) is 0 Å². The predicted molar refractivity (Wildman–Crippen MR) is 103 cm³/mol. The molecule has 0 aliphatic carbocycles. The van der Waals surface area contributed by atoms with Crippen LogP contribution in [0.3, 0.4) is 0 Å². The highest BCUT2D eigenvalue weighted by Crippen LogP contribution is 2.39. The Morgan fingerprint density at radius 2 is 1.46 bits per heavy atom. The van der Waals surface area contributed by atoms with Crippen molar-refractivity contribution >= 4 is 21.6 Å². The number of nitrogens with zero attached hydrogens (tertiary/aromatic N) is 1. The van der Waals surface area contributed by atoms with E-state index in [2.05, 4.69) is 0 Å². The summed E-state index contributed by atoms with van der Waals surface area (Å²) < 4.78 is 28.6. The quantitative estimate of drug-likeness (QED) is 0.899. The van der Waals surface area contributed by atoms with E-state index in [0.717, 1.165) is 33.4 Å². The molecule has 1 aliphatic rings. The fraction of sp³-hybridized carbons (Fsp3) is 0.350. The molecule has 2 aromatic rings. The molecule has 0 aromatic heterocycles. The molecule has 6 heteroatoms. The Balaban J connectivity index is 2.31. The van der Waals surface area contributed by atoms with Gasteiger partial charge in [0.2, 0.25) is 5.91 Å². The molecule has 0 spiro atoms. The highest BCUT2D eigenvalue weighted by molar-refractivity contribution is 7.93. The van der Waals surface area contributed by atoms with Crippen LogP contribution >= 0.6 is 0 Å². The molecule has 0 fully saturated rings. The van der Waals surface area contributed by atoms with Gasteiger partial charge in [-0.3, -0.25) is 9.10 Å². The maximum Gasteiger partial charge on any atom is 0.265 e. The number of primary amides is 1. The minimum Gasteiger partial charge on any atom is -0.368 e. The summed E-state index contributed by atoms with van der Waals surface area (Å²) in [6.07, 6.45) is 0.298. The molecule has 0 unspecified atom stereocenters. The maximum atomic E-state index is 13.7. The van der Waals surface area contributed by atoms with E-state index in [4.69, 9.17) is 5.73 Å². The van der Waals surface area contributed by atoms with Crippen molar-refractivity contribution in [1.82, 2.24) is 0 Å². The highest BCUT2D eigenvalue weighted by atomic mass is 32.2. The second kappa shape index (κ2) is 6.13. The SMILES string of the molecule is Cc1c(C)c(C)c(S(=O)(=O)N2c3ccccc3C[C@H]2C(N)=O)c(C)c1C. The Labute approximate surface area is 154 Å². The van der Waals surface area contributed by atoms with Gasteiger partial charge in [0.05, 0.1) is 10.6 Å². The summed E-state index contributed by atoms with van der Waals surface area (Å²) in [7, 11) is -3.94. The third-order valence-electron chi connectivity index (χ3n) is 5.70. The molecule has 138 valence electrons. The molecule has 3 rings (SSSR count). The molecule has 2 N–H and O–H groups in total. The number of carbonyl (C=O) groups excluding carboxylic acids is 1. The molecular formula is C20H24N2O3S. The van der Waals surface area contributed by atoms with Crippen LogP contribution in [0.5, 0.6) is 0 Å². The molecule has 1 atom stereocenters. The highest BCUT2D eigenvalue weighted by Gasteiger charge is 2.42. The zero-order valence-corrected chi connectivity index (χ0v) is 16.6. The van der Waals surface area contributed by atoms with E-state index in [9.17, 15) is 13.2 Å². The van der Waals surface area contributed by atoms with Crippen molar-refractivity contribution in [2.45, 2.75) is 52.0 Å². The first kappa shape index (κ1) is 18.5. The number of fused-ring (bicyclic) bond motifs is 1. The smallest absolute Gasteiger partial charge is 0.265 e. The summed E-state index contributed by atoms with van der Waals surface area (Å²) in [4.78, 5) is 12.3. The number of hydrogen-bond acceptors (Lipinski definition) is 3. The van der Waals surface area contributed by atoms with Crippen LogP contribution in [0, 0.1) is 34.6 Å². The number of hydrogen-bond donors (Lipinski definition) is 1. The van der Waals surface area contributed by atoms with E-state index in [1.54, 1.807) is 12.1 Å². The van der Waals surface area contributed by atoms with Crippen LogP contribution in [0.1, 0.15) is 33.4 Å². The number of para-hydroxylation sites is 1. The predicted octanol–water partition coefficient (Wildman–Crippen LogP) is 2.83. The first-order valence-electron chi connectivity index (χ1n) is 8.57. The zero-order chi connectivity index (χ0) is 19.4. The standard InChI is InChI=1S/C20H24N2O3S/c1-11-12(2)14(4)19(15(5)13(11)3)26(24,25)22-17-9-7-6-8-16(17)10-18(22)20(21)23/h6-9,18H,10H2,1-5H3,(H2,21,23)/t18-/m0/s1. The number of nitrogens with two attached hydrogens (primary N) is 1. The lowest BCUT2D eigenvalue weighted by molar-refractivity contribution is -0.118. The molecule has 0 saturated carbocycles. The number of anilines is 1. The van der Waals surface area contributed by atoms with Crippen molar-refractivity contribution in [2.75, 3.05) is 4.31 Å². The molecule has 0 saturated heterocycles. The summed E-state index contributed by atoms with van der Waals surface area (Å²) in [6.45, 7) is 9.50. The van der Waals surface area contributed by atoms with Crippen molar-refractivity contribution < 1.29 is 13.2 Å². The second-order valence-corrected chi connectivity index (χ2v) is 8.76. The Kier molecular flexibility index (Phi) is 4.35. The molecule has 26 heavy (non-hydrogen) atoms. The molecule has 1 heterocycles. The third-order valence-corrected chi connectivity index (χ3v) is 7.80. The van der Waals surface area contributed by atoms with E-state index >= 15 is 0 Å². The van der Waals surface area contributed by atoms with Gasteiger partial charge in [-0.1, -0.05) is 18.2 Å². The van der Waals surface area contributed by atoms with Crippen LogP contribution in [0.15, 0.2) is 29.2 Å². The summed E-state index contributed by atoms with van der Waals surface area (Å²) in [5.41, 5.74) is 11.3. The van der Waals surface area contributed by atoms with Crippen LogP contribution < -0.4 is 10.0 Å². The lowest BCUT2D eigenvalue weighted by Gasteiger charge is -2.28. The van der Waals surface area contributed by atoms with Crippen molar-refractivity contribution in [3.63, 3.8) is 0 Å². The first-order chi connectivity index (χ1) is 12.1. The van der Waals surface area contributed by atoms with E-state index in [1.807, 2.05) is 46.8 Å². The molecule has 5 nitrogen and oxygen atoms in total. The van der Waals surface area contributed by atoms with Crippen LogP contribution in [0.4, 0.5) is 5.69 Å². The van der Waals surface area contributed by atoms with Gasteiger partial charge in [-0.2, -0.15) is 0 Å². The van der Waals surface area contributed by atoms with Crippen molar-refractivity contribution in [2.24, 2.45) is 5.73 Å². The van der Waals surface area contributed by atoms with E-state index in [-0.39, 0.29) is 4.90 Å². The largest absolute Gasteiger partial charge is 0.368 e. The minimum atomic E-state index is -3.94. The van der Waals surface area contributed by atoms with Gasteiger partial charge in [-0.05, 0) is 74.1 Å². The fourth-order valence-electron chi connectivity index (χ4n) is 3.82. The molecule has 1 aliphatic heterocycles. The lowest BCUT2D eigenvalue weighted by Crippen LogP contribution is -2.46. The van der Waals surface area contributed by atoms with E-state index in [1.165, 1.54) is 4.31 Å². The maximum absolute atomic E-state index is 13.7. The van der Waals surface area contributed by atoms with Crippen molar-refractivity contribution in [1.29, 1.82) is 0 Å². The van der Waals surface area contributed by atoms with Crippen LogP contribution in [-0.2, 0) is 21.2 Å². The van der Waals surface area contributed by atoms with E-state index < -0.39 is 22.0 Å². The summed E-state index contributed by atoms with van der Waals surface area (Å²) in [6, 6.07) is 6.28. The van der Waals surface area contributed by atoms with E-state index in [0.29, 0.717) is 12.1 Å². The molecule has 1 amide bonds. The van der Waals surface area contributed by atoms with Gasteiger partial charge in [0.1, 0.15) is 6.04 Å². The topological polar surface area (TPSA) is 80.5 Å². The van der Waals surface area contributed by atoms with Gasteiger partial charge in [-0.25, -0.2) is 8.42 Å². The van der Waals surface area contributed by atoms with Gasteiger partial charge < -0.3 is 5.73 Å². The zero-order valence-electron chi connectivity index (χ0n) is 15.8. The number of rotatable bonds is 3. The number of benzene rings is 2. The van der Waals surface area contributed by atoms with Gasteiger partial charge in [0.15, 0.2) is 0 Å². The van der Waals surface area contributed by atoms with Crippen molar-refractivity contribution in [3.05, 3.63) is 57.6 Å². The Morgan fingerprint density at radius 1 is 0.962 bits per heavy atom. The normalized spacial score (nSPS) is 16.7. The number of carbonyl (C=O) groups is 1. The van der Waals surface area contributed by atoms with Crippen LogP contribution in [0.25, 0.3) is 0 Å². The Hall–Kier alpha value is -2.34. The summed E-state index contributed by atoms with van der Waals surface area (Å²) in [5.74, 6) is -0.638. The Bertz CT molecular complexity index is 997. The number of sulfonamides is 1. The molecular weight excluding hydrogens is 348 g/mol. The third kappa shape index (κ3) is 2.51. The van der Waals surface area contributed by atoms with Gasteiger partial charge in [0, 0.05) is 6.42 Å². The Morgan fingerprint density at radius 3 is 2.00 bits per heavy atom. The van der Waals surface area contributed by atoms with Gasteiger partial charge >= 0.3 is 0 Å². The summed E-state index contributed by atoms with van der Waals surface area (Å²) >= 11 is 0. The first-order valence-corrected chi connectivity index (χ1v) is 10.0. The van der Waals surface area contributed by atoms with Gasteiger partial charge in [-0.15, -0.1) is 0 Å². The fourth-order valence-corrected chi connectivity index (χ4v) is 6.05. The monoisotopic (exact) mass is 372 g/mol. The number of amides is 1. The average molecular weight is 372 g/mol. The minimum absolute atomic E-state index is 0.279.